The van der Waals surface area contributed by atoms with Gasteiger partial charge in [-0.15, -0.1) is 5.10 Å². The minimum atomic E-state index is 0.123. The number of aryl methyl sites for hydroxylation is 1. The Bertz CT molecular complexity index is 530. The lowest BCUT2D eigenvalue weighted by Crippen LogP contribution is -2.07. The summed E-state index contributed by atoms with van der Waals surface area (Å²) < 4.78 is 10.9. The van der Waals surface area contributed by atoms with Gasteiger partial charge in [-0.05, 0) is 38.5 Å². The number of aromatic nitrogens is 2. The molecule has 0 amide bonds. The molecule has 0 saturated heterocycles. The van der Waals surface area contributed by atoms with Gasteiger partial charge >= 0.3 is 0 Å². The summed E-state index contributed by atoms with van der Waals surface area (Å²) in [5, 5.41) is 7.20. The van der Waals surface area contributed by atoms with E-state index in [-0.39, 0.29) is 6.10 Å². The largest absolute Gasteiger partial charge is 0.497 e. The first-order chi connectivity index (χ1) is 9.10. The van der Waals surface area contributed by atoms with E-state index in [4.69, 9.17) is 9.47 Å². The molecular weight excluding hydrogens is 240 g/mol. The number of benzene rings is 1. The molecule has 4 nitrogen and oxygen atoms in total. The highest BCUT2D eigenvalue weighted by molar-refractivity contribution is 5.37. The van der Waals surface area contributed by atoms with Crippen LogP contribution in [-0.4, -0.2) is 23.4 Å². The van der Waals surface area contributed by atoms with Gasteiger partial charge in [-0.25, -0.2) is 0 Å². The molecule has 102 valence electrons. The maximum Gasteiger partial charge on any atom is 0.236 e. The summed E-state index contributed by atoms with van der Waals surface area (Å²) in [5.41, 5.74) is 3.37. The van der Waals surface area contributed by atoms with Crippen molar-refractivity contribution in [2.24, 2.45) is 0 Å². The molecule has 0 aliphatic carbocycles. The van der Waals surface area contributed by atoms with Gasteiger partial charge in [0.2, 0.25) is 5.88 Å². The van der Waals surface area contributed by atoms with Gasteiger partial charge in [-0.3, -0.25) is 5.10 Å². The molecule has 4 heteroatoms. The second-order valence-corrected chi connectivity index (χ2v) is 4.82. The van der Waals surface area contributed by atoms with Gasteiger partial charge in [0, 0.05) is 17.7 Å². The minimum Gasteiger partial charge on any atom is -0.497 e. The van der Waals surface area contributed by atoms with E-state index < -0.39 is 0 Å². The highest BCUT2D eigenvalue weighted by Crippen LogP contribution is 2.24. The molecule has 1 heterocycles. The third-order valence-electron chi connectivity index (χ3n) is 2.92. The van der Waals surface area contributed by atoms with Crippen LogP contribution in [0.25, 0.3) is 0 Å². The summed E-state index contributed by atoms with van der Waals surface area (Å²) in [6.45, 7) is 6.02. The van der Waals surface area contributed by atoms with Gasteiger partial charge in [0.05, 0.1) is 13.2 Å². The van der Waals surface area contributed by atoms with E-state index in [2.05, 4.69) is 22.3 Å². The molecule has 2 aromatic rings. The molecular formula is C15H20N2O2. The van der Waals surface area contributed by atoms with Gasteiger partial charge in [-0.1, -0.05) is 12.1 Å². The third kappa shape index (κ3) is 3.28. The Morgan fingerprint density at radius 2 is 1.89 bits per heavy atom. The number of methoxy groups -OCH3 is 1. The van der Waals surface area contributed by atoms with Gasteiger partial charge in [-0.2, -0.15) is 0 Å². The minimum absolute atomic E-state index is 0.123. The number of H-pyrrole nitrogens is 1. The fourth-order valence-corrected chi connectivity index (χ4v) is 1.91. The molecule has 1 aromatic heterocycles. The van der Waals surface area contributed by atoms with Crippen molar-refractivity contribution in [2.45, 2.75) is 33.3 Å². The van der Waals surface area contributed by atoms with E-state index in [9.17, 15) is 0 Å². The van der Waals surface area contributed by atoms with E-state index in [1.165, 1.54) is 5.56 Å². The monoisotopic (exact) mass is 260 g/mol. The van der Waals surface area contributed by atoms with E-state index in [0.29, 0.717) is 5.88 Å². The normalized spacial score (nSPS) is 10.8. The second kappa shape index (κ2) is 5.78. The van der Waals surface area contributed by atoms with E-state index in [1.54, 1.807) is 7.11 Å². The van der Waals surface area contributed by atoms with Crippen molar-refractivity contribution in [3.63, 3.8) is 0 Å². The highest BCUT2D eigenvalue weighted by Gasteiger charge is 2.13. The molecule has 0 bridgehead atoms. The van der Waals surface area contributed by atoms with Gasteiger partial charge in [0.15, 0.2) is 0 Å². The Morgan fingerprint density at radius 1 is 1.21 bits per heavy atom. The fraction of sp³-hybridized carbons (Fsp3) is 0.400. The molecule has 0 fully saturated rings. The van der Waals surface area contributed by atoms with Crippen LogP contribution >= 0.6 is 0 Å². The number of rotatable bonds is 5. The molecule has 2 rings (SSSR count). The smallest absolute Gasteiger partial charge is 0.236 e. The van der Waals surface area contributed by atoms with Crippen LogP contribution in [0.5, 0.6) is 11.6 Å². The van der Waals surface area contributed by atoms with Crippen molar-refractivity contribution in [1.82, 2.24) is 10.2 Å². The van der Waals surface area contributed by atoms with Crippen LogP contribution in [0.4, 0.5) is 0 Å². The molecule has 0 saturated carbocycles. The fourth-order valence-electron chi connectivity index (χ4n) is 1.91. The zero-order valence-corrected chi connectivity index (χ0v) is 11.9. The van der Waals surface area contributed by atoms with Crippen molar-refractivity contribution in [3.8, 4) is 11.6 Å². The molecule has 0 atom stereocenters. The Balaban J connectivity index is 2.19. The average molecular weight is 260 g/mol. The Kier molecular flexibility index (Phi) is 4.10. The molecule has 19 heavy (non-hydrogen) atoms. The second-order valence-electron chi connectivity index (χ2n) is 4.82. The summed E-state index contributed by atoms with van der Waals surface area (Å²) in [4.78, 5) is 0. The van der Waals surface area contributed by atoms with Crippen LogP contribution < -0.4 is 9.47 Å². The highest BCUT2D eigenvalue weighted by atomic mass is 16.5. The van der Waals surface area contributed by atoms with Gasteiger partial charge < -0.3 is 9.47 Å². The molecule has 0 radical (unpaired) electrons. The maximum atomic E-state index is 5.72. The van der Waals surface area contributed by atoms with Crippen LogP contribution in [-0.2, 0) is 6.42 Å². The van der Waals surface area contributed by atoms with Crippen LogP contribution in [0, 0.1) is 6.92 Å². The Hall–Kier alpha value is -1.97. The third-order valence-corrected chi connectivity index (χ3v) is 2.92. The Labute approximate surface area is 113 Å². The average Bonchev–Trinajstić information content (AvgIpc) is 2.72. The molecule has 0 unspecified atom stereocenters. The van der Waals surface area contributed by atoms with Crippen molar-refractivity contribution in [1.29, 1.82) is 0 Å². The van der Waals surface area contributed by atoms with Crippen LogP contribution in [0.3, 0.4) is 0 Å². The summed E-state index contributed by atoms with van der Waals surface area (Å²) in [7, 11) is 1.67. The number of hydrogen-bond acceptors (Lipinski definition) is 3. The predicted octanol–water partition coefficient (Wildman–Crippen LogP) is 3.10. The predicted molar refractivity (Wildman–Crippen MR) is 74.9 cm³/mol. The summed E-state index contributed by atoms with van der Waals surface area (Å²) in [6, 6.07) is 8.05. The zero-order chi connectivity index (χ0) is 13.8. The quantitative estimate of drug-likeness (QED) is 0.898. The number of ether oxygens (including phenoxy) is 2. The molecule has 0 aliphatic rings. The number of nitrogens with zero attached hydrogens (tertiary/aromatic N) is 1. The van der Waals surface area contributed by atoms with Crippen LogP contribution in [0.15, 0.2) is 24.3 Å². The Morgan fingerprint density at radius 3 is 2.47 bits per heavy atom. The summed E-state index contributed by atoms with van der Waals surface area (Å²) in [5.74, 6) is 1.56. The number of hydrogen-bond donors (Lipinski definition) is 1. The van der Waals surface area contributed by atoms with E-state index in [0.717, 1.165) is 23.4 Å². The van der Waals surface area contributed by atoms with Gasteiger partial charge in [0.25, 0.3) is 0 Å². The first-order valence-electron chi connectivity index (χ1n) is 6.43. The number of nitrogens with one attached hydrogen (secondary N) is 1. The molecule has 0 spiro atoms. The van der Waals surface area contributed by atoms with Crippen molar-refractivity contribution in [2.75, 3.05) is 7.11 Å². The standard InChI is InChI=1S/C15H20N2O2/c1-10(2)19-15-14(11(3)16-17-15)9-12-5-7-13(18-4)8-6-12/h5-8,10H,9H2,1-4H3,(H,16,17). The summed E-state index contributed by atoms with van der Waals surface area (Å²) >= 11 is 0. The van der Waals surface area contributed by atoms with E-state index in [1.807, 2.05) is 32.9 Å². The molecule has 1 N–H and O–H groups in total. The van der Waals surface area contributed by atoms with Crippen molar-refractivity contribution < 1.29 is 9.47 Å². The molecule has 1 aromatic carbocycles. The summed E-state index contributed by atoms with van der Waals surface area (Å²) in [6.07, 6.45) is 0.922. The molecule has 0 aliphatic heterocycles. The lowest BCUT2D eigenvalue weighted by molar-refractivity contribution is 0.230. The van der Waals surface area contributed by atoms with Crippen molar-refractivity contribution >= 4 is 0 Å². The lowest BCUT2D eigenvalue weighted by Gasteiger charge is -2.09. The van der Waals surface area contributed by atoms with Crippen LogP contribution in [0.2, 0.25) is 0 Å². The maximum absolute atomic E-state index is 5.72. The number of aromatic amines is 1. The first kappa shape index (κ1) is 13.5. The zero-order valence-electron chi connectivity index (χ0n) is 11.9. The van der Waals surface area contributed by atoms with E-state index >= 15 is 0 Å². The first-order valence-corrected chi connectivity index (χ1v) is 6.43. The topological polar surface area (TPSA) is 47.1 Å². The van der Waals surface area contributed by atoms with Crippen LogP contribution in [0.1, 0.15) is 30.7 Å². The SMILES string of the molecule is COc1ccc(Cc2c(OC(C)C)n[nH]c2C)cc1. The lowest BCUT2D eigenvalue weighted by atomic mass is 10.1. The van der Waals surface area contributed by atoms with Crippen molar-refractivity contribution in [3.05, 3.63) is 41.1 Å². The van der Waals surface area contributed by atoms with Gasteiger partial charge in [0.1, 0.15) is 5.75 Å².